The van der Waals surface area contributed by atoms with Gasteiger partial charge in [-0.3, -0.25) is 9.59 Å². The van der Waals surface area contributed by atoms with Gasteiger partial charge >= 0.3 is 12.1 Å². The minimum absolute atomic E-state index is 0.0143. The number of ether oxygens (including phenoxy) is 2. The molecule has 2 aliphatic heterocycles. The van der Waals surface area contributed by atoms with Gasteiger partial charge in [0, 0.05) is 36.5 Å². The second-order valence-electron chi connectivity index (χ2n) is 12.5. The van der Waals surface area contributed by atoms with Gasteiger partial charge in [0.1, 0.15) is 6.04 Å². The molecule has 2 fully saturated rings. The Balaban J connectivity index is 1.18. The van der Waals surface area contributed by atoms with Crippen LogP contribution in [0, 0.1) is 5.92 Å². The maximum atomic E-state index is 13.0. The third-order valence-corrected chi connectivity index (χ3v) is 10.1. The molecule has 4 aromatic rings. The first-order valence-electron chi connectivity index (χ1n) is 16.5. The number of aliphatic hydroxyl groups is 1. The number of nitrogens with zero attached hydrogens (tertiary/aromatic N) is 2. The molecule has 3 heterocycles. The lowest BCUT2D eigenvalue weighted by Crippen LogP contribution is -2.50. The van der Waals surface area contributed by atoms with E-state index in [1.807, 2.05) is 91.0 Å². The van der Waals surface area contributed by atoms with Crippen molar-refractivity contribution in [3.8, 4) is 11.1 Å². The van der Waals surface area contributed by atoms with Crippen molar-refractivity contribution < 1.29 is 37.3 Å². The number of rotatable bonds is 10. The number of benzene rings is 3. The van der Waals surface area contributed by atoms with Crippen LogP contribution in [0.25, 0.3) is 11.1 Å². The number of carbonyl (C=O) groups is 2. The Hall–Kier alpha value is -4.23. The third-order valence-electron chi connectivity index (χ3n) is 9.10. The molecule has 8 nitrogen and oxygen atoms in total. The van der Waals surface area contributed by atoms with E-state index in [4.69, 9.17) is 9.47 Å². The number of amides is 2. The molecule has 2 saturated heterocycles. The van der Waals surface area contributed by atoms with E-state index in [1.165, 1.54) is 0 Å². The lowest BCUT2D eigenvalue weighted by Gasteiger charge is -2.41. The molecule has 0 spiro atoms. The maximum absolute atomic E-state index is 13.0. The number of carbonyl (C=O) groups excluding carboxylic acids is 2. The summed E-state index contributed by atoms with van der Waals surface area (Å²) in [6.45, 7) is 2.06. The second-order valence-corrected chi connectivity index (χ2v) is 13.5. The predicted octanol–water partition coefficient (Wildman–Crippen LogP) is 6.99. The van der Waals surface area contributed by atoms with Crippen molar-refractivity contribution in [3.63, 3.8) is 0 Å². The first kappa shape index (κ1) is 35.6. The van der Waals surface area contributed by atoms with E-state index in [1.54, 1.807) is 18.0 Å². The van der Waals surface area contributed by atoms with E-state index in [-0.39, 0.29) is 44.2 Å². The molecular weight excluding hydrogens is 667 g/mol. The largest absolute Gasteiger partial charge is 0.471 e. The van der Waals surface area contributed by atoms with Crippen LogP contribution >= 0.6 is 11.8 Å². The smallest absolute Gasteiger partial charge is 0.392 e. The van der Waals surface area contributed by atoms with Gasteiger partial charge in [0.2, 0.25) is 5.91 Å². The van der Waals surface area contributed by atoms with Crippen molar-refractivity contribution in [3.05, 3.63) is 119 Å². The quantitative estimate of drug-likeness (QED) is 0.172. The third kappa shape index (κ3) is 8.38. The Labute approximate surface area is 293 Å². The molecule has 5 unspecified atom stereocenters. The highest BCUT2D eigenvalue weighted by Crippen LogP contribution is 2.43. The first-order chi connectivity index (χ1) is 24.1. The molecule has 0 aliphatic carbocycles. The van der Waals surface area contributed by atoms with Crippen LogP contribution in [0.4, 0.5) is 13.2 Å². The number of pyridine rings is 1. The fraction of sp³-hybridized carbons (Fsp3) is 0.342. The lowest BCUT2D eigenvalue weighted by atomic mass is 9.91. The van der Waals surface area contributed by atoms with Crippen LogP contribution in [0.1, 0.15) is 54.4 Å². The minimum atomic E-state index is -5.02. The average Bonchev–Trinajstić information content (AvgIpc) is 3.63. The molecule has 50 heavy (non-hydrogen) atoms. The normalized spacial score (nSPS) is 22.3. The fourth-order valence-electron chi connectivity index (χ4n) is 6.39. The van der Waals surface area contributed by atoms with E-state index >= 15 is 0 Å². The van der Waals surface area contributed by atoms with Gasteiger partial charge in [-0.05, 0) is 64.9 Å². The predicted molar refractivity (Wildman–Crippen MR) is 182 cm³/mol. The molecule has 1 aromatic heterocycles. The highest BCUT2D eigenvalue weighted by molar-refractivity contribution is 7.99. The summed E-state index contributed by atoms with van der Waals surface area (Å²) in [5, 5.41) is 13.2. The van der Waals surface area contributed by atoms with Crippen LogP contribution in [0.2, 0.25) is 0 Å². The van der Waals surface area contributed by atoms with E-state index in [2.05, 4.69) is 17.2 Å². The summed E-state index contributed by atoms with van der Waals surface area (Å²) < 4.78 is 52.4. The molecule has 0 bridgehead atoms. The number of alkyl halides is 3. The van der Waals surface area contributed by atoms with Gasteiger partial charge in [0.05, 0.1) is 23.8 Å². The summed E-state index contributed by atoms with van der Waals surface area (Å²) in [6, 6.07) is 27.8. The first-order valence-corrected chi connectivity index (χ1v) is 17.5. The van der Waals surface area contributed by atoms with Crippen LogP contribution in [0.5, 0.6) is 0 Å². The summed E-state index contributed by atoms with van der Waals surface area (Å²) in [5.41, 5.74) is 5.15. The summed E-state index contributed by atoms with van der Waals surface area (Å²) in [6.07, 6.45) is -3.84. The van der Waals surface area contributed by atoms with Gasteiger partial charge in [-0.15, -0.1) is 11.8 Å². The number of aromatic nitrogens is 1. The zero-order valence-corrected chi connectivity index (χ0v) is 28.2. The number of aliphatic hydroxyl groups excluding tert-OH is 1. The zero-order valence-electron chi connectivity index (χ0n) is 27.4. The van der Waals surface area contributed by atoms with Crippen LogP contribution in [0.15, 0.2) is 102 Å². The number of halogens is 3. The van der Waals surface area contributed by atoms with Crippen molar-refractivity contribution >= 4 is 23.6 Å². The number of hydrogen-bond donors (Lipinski definition) is 2. The van der Waals surface area contributed by atoms with Gasteiger partial charge in [0.15, 0.2) is 6.29 Å². The van der Waals surface area contributed by atoms with Gasteiger partial charge in [-0.1, -0.05) is 73.7 Å². The SMILES string of the molecule is CC1C(CSc2ccccn2)OC(c2cccc(-c3cccc(CNC(=O)C4CCCN4C(=O)C(F)(F)F)c3)c2)OC1c1ccc(CO)cc1. The van der Waals surface area contributed by atoms with E-state index < -0.39 is 30.3 Å². The number of nitrogens with one attached hydrogen (secondary N) is 1. The van der Waals surface area contributed by atoms with E-state index in [9.17, 15) is 27.9 Å². The Kier molecular flexibility index (Phi) is 11.2. The van der Waals surface area contributed by atoms with Crippen molar-refractivity contribution in [1.29, 1.82) is 0 Å². The van der Waals surface area contributed by atoms with Gasteiger partial charge in [-0.25, -0.2) is 4.98 Å². The van der Waals surface area contributed by atoms with Gasteiger partial charge < -0.3 is 24.8 Å². The Morgan fingerprint density at radius 2 is 1.70 bits per heavy atom. The molecule has 3 aromatic carbocycles. The molecular formula is C38H38F3N3O5S. The standard InChI is InChI=1S/C38H38F3N3O5S/c1-24-32(23-50-33-12-2-3-17-42-33)48-36(49-34(24)27-15-13-25(22-45)14-16-27)30-10-5-9-29(20-30)28-8-4-7-26(19-28)21-43-35(46)31-11-6-18-44(31)37(47)38(39,40)41/h2-5,7-10,12-17,19-20,24,31-32,34,36,45H,6,11,18,21-23H2,1H3,(H,43,46). The highest BCUT2D eigenvalue weighted by atomic mass is 32.2. The summed E-state index contributed by atoms with van der Waals surface area (Å²) in [5.74, 6) is -1.91. The molecule has 0 radical (unpaired) electrons. The Morgan fingerprint density at radius 1 is 0.940 bits per heavy atom. The molecule has 12 heteroatoms. The van der Waals surface area contributed by atoms with Crippen LogP contribution in [-0.2, 0) is 32.2 Å². The monoisotopic (exact) mass is 705 g/mol. The van der Waals surface area contributed by atoms with E-state index in [0.717, 1.165) is 38.4 Å². The Bertz CT molecular complexity index is 1780. The summed E-state index contributed by atoms with van der Waals surface area (Å²) in [7, 11) is 0. The molecule has 2 N–H and O–H groups in total. The molecule has 6 rings (SSSR count). The van der Waals surface area contributed by atoms with Crippen molar-refractivity contribution in [2.75, 3.05) is 12.3 Å². The summed E-state index contributed by atoms with van der Waals surface area (Å²) >= 11 is 1.63. The average molecular weight is 706 g/mol. The summed E-state index contributed by atoms with van der Waals surface area (Å²) in [4.78, 5) is 29.7. The topological polar surface area (TPSA) is 101 Å². The molecule has 5 atom stereocenters. The zero-order chi connectivity index (χ0) is 35.3. The second kappa shape index (κ2) is 15.8. The van der Waals surface area contributed by atoms with Gasteiger partial charge in [0.25, 0.3) is 0 Å². The lowest BCUT2D eigenvalue weighted by molar-refractivity contribution is -0.268. The molecule has 0 saturated carbocycles. The maximum Gasteiger partial charge on any atom is 0.471 e. The van der Waals surface area contributed by atoms with Crippen molar-refractivity contribution in [1.82, 2.24) is 15.2 Å². The Morgan fingerprint density at radius 3 is 2.42 bits per heavy atom. The molecule has 2 amide bonds. The fourth-order valence-corrected chi connectivity index (χ4v) is 7.42. The highest BCUT2D eigenvalue weighted by Gasteiger charge is 2.47. The van der Waals surface area contributed by atoms with Crippen molar-refractivity contribution in [2.24, 2.45) is 5.92 Å². The number of thioether (sulfide) groups is 1. The van der Waals surface area contributed by atoms with Gasteiger partial charge in [-0.2, -0.15) is 13.2 Å². The molecule has 262 valence electrons. The molecule has 2 aliphatic rings. The van der Waals surface area contributed by atoms with Crippen LogP contribution in [-0.4, -0.2) is 57.4 Å². The van der Waals surface area contributed by atoms with E-state index in [0.29, 0.717) is 17.1 Å². The minimum Gasteiger partial charge on any atom is -0.392 e. The number of hydrogen-bond acceptors (Lipinski definition) is 7. The van der Waals surface area contributed by atoms with Crippen LogP contribution in [0.3, 0.4) is 0 Å². The van der Waals surface area contributed by atoms with Crippen LogP contribution < -0.4 is 5.32 Å². The number of likely N-dealkylation sites (tertiary alicyclic amines) is 1. The van der Waals surface area contributed by atoms with Crippen molar-refractivity contribution in [2.45, 2.75) is 68.7 Å².